The van der Waals surface area contributed by atoms with E-state index in [1.165, 1.54) is 12.1 Å². The van der Waals surface area contributed by atoms with Crippen LogP contribution >= 0.6 is 35.0 Å². The summed E-state index contributed by atoms with van der Waals surface area (Å²) in [6.07, 6.45) is 1.91. The van der Waals surface area contributed by atoms with E-state index in [-0.39, 0.29) is 30.2 Å². The zero-order chi connectivity index (χ0) is 14.0. The lowest BCUT2D eigenvalue weighted by atomic mass is 9.92. The van der Waals surface area contributed by atoms with Gasteiger partial charge in [0.15, 0.2) is 0 Å². The Kier molecular flexibility index (Phi) is 6.68. The monoisotopic (exact) mass is 412 g/mol. The van der Waals surface area contributed by atoms with Crippen molar-refractivity contribution in [3.8, 4) is 0 Å². The van der Waals surface area contributed by atoms with Crippen LogP contribution in [-0.4, -0.2) is 29.9 Å². The Morgan fingerprint density at radius 3 is 2.90 bits per heavy atom. The third kappa shape index (κ3) is 3.83. The molecular formula is C14H19ClFIN2O. The van der Waals surface area contributed by atoms with Crippen molar-refractivity contribution < 1.29 is 9.18 Å². The minimum absolute atomic E-state index is 0. The van der Waals surface area contributed by atoms with Crippen molar-refractivity contribution in [2.24, 2.45) is 11.7 Å². The zero-order valence-electron chi connectivity index (χ0n) is 11.3. The minimum Gasteiger partial charge on any atom is -0.334 e. The van der Waals surface area contributed by atoms with Crippen LogP contribution in [0.3, 0.4) is 0 Å². The average molecular weight is 413 g/mol. The van der Waals surface area contributed by atoms with Crippen LogP contribution in [0.4, 0.5) is 4.39 Å². The quantitative estimate of drug-likeness (QED) is 0.759. The molecule has 2 unspecified atom stereocenters. The number of carbonyl (C=O) groups excluding carboxylic acids is 1. The van der Waals surface area contributed by atoms with Gasteiger partial charge in [0, 0.05) is 22.7 Å². The molecule has 1 aromatic rings. The van der Waals surface area contributed by atoms with Gasteiger partial charge in [0.2, 0.25) is 0 Å². The lowest BCUT2D eigenvalue weighted by Gasteiger charge is -2.38. The first-order chi connectivity index (χ1) is 9.02. The Labute approximate surface area is 138 Å². The normalized spacial score (nSPS) is 22.3. The average Bonchev–Trinajstić information content (AvgIpc) is 2.40. The summed E-state index contributed by atoms with van der Waals surface area (Å²) in [5.74, 6) is 0.105. The van der Waals surface area contributed by atoms with Gasteiger partial charge in [-0.25, -0.2) is 4.39 Å². The maximum atomic E-state index is 13.3. The molecule has 1 aromatic carbocycles. The van der Waals surface area contributed by atoms with Gasteiger partial charge in [-0.2, -0.15) is 0 Å². The SMILES string of the molecule is CC1CCN(C(=O)c2cc(F)ccc2I)C(CN)C1.Cl. The van der Waals surface area contributed by atoms with E-state index in [9.17, 15) is 9.18 Å². The first-order valence-electron chi connectivity index (χ1n) is 6.49. The van der Waals surface area contributed by atoms with E-state index >= 15 is 0 Å². The maximum absolute atomic E-state index is 13.3. The second kappa shape index (κ2) is 7.56. The predicted molar refractivity (Wildman–Crippen MR) is 88.6 cm³/mol. The molecule has 0 aliphatic carbocycles. The first kappa shape index (κ1) is 17.7. The summed E-state index contributed by atoms with van der Waals surface area (Å²) in [5, 5.41) is 0. The second-order valence-corrected chi connectivity index (χ2v) is 6.30. The highest BCUT2D eigenvalue weighted by molar-refractivity contribution is 14.1. The number of carbonyl (C=O) groups is 1. The molecule has 2 atom stereocenters. The van der Waals surface area contributed by atoms with Gasteiger partial charge in [0.05, 0.1) is 5.56 Å². The van der Waals surface area contributed by atoms with Crippen LogP contribution in [0.5, 0.6) is 0 Å². The number of hydrogen-bond acceptors (Lipinski definition) is 2. The van der Waals surface area contributed by atoms with E-state index in [0.717, 1.165) is 16.4 Å². The minimum atomic E-state index is -0.376. The Hall–Kier alpha value is -0.400. The number of likely N-dealkylation sites (tertiary alicyclic amines) is 1. The number of halogens is 3. The molecule has 0 radical (unpaired) electrons. The fourth-order valence-electron chi connectivity index (χ4n) is 2.56. The third-order valence-electron chi connectivity index (χ3n) is 3.67. The second-order valence-electron chi connectivity index (χ2n) is 5.14. The maximum Gasteiger partial charge on any atom is 0.255 e. The van der Waals surface area contributed by atoms with E-state index in [4.69, 9.17) is 5.73 Å². The van der Waals surface area contributed by atoms with Gasteiger partial charge in [-0.3, -0.25) is 4.79 Å². The van der Waals surface area contributed by atoms with Gasteiger partial charge in [-0.05, 0) is 59.5 Å². The van der Waals surface area contributed by atoms with Crippen LogP contribution in [0.25, 0.3) is 0 Å². The summed E-state index contributed by atoms with van der Waals surface area (Å²) in [5.41, 5.74) is 6.21. The largest absolute Gasteiger partial charge is 0.334 e. The Morgan fingerprint density at radius 1 is 1.55 bits per heavy atom. The fourth-order valence-corrected chi connectivity index (χ4v) is 3.12. The lowest BCUT2D eigenvalue weighted by Crippen LogP contribution is -2.49. The molecule has 1 heterocycles. The molecular weight excluding hydrogens is 394 g/mol. The Morgan fingerprint density at radius 2 is 2.25 bits per heavy atom. The molecule has 0 bridgehead atoms. The van der Waals surface area contributed by atoms with Crippen LogP contribution in [0.1, 0.15) is 30.1 Å². The summed E-state index contributed by atoms with van der Waals surface area (Å²) in [7, 11) is 0. The van der Waals surface area contributed by atoms with Gasteiger partial charge >= 0.3 is 0 Å². The number of rotatable bonds is 2. The number of nitrogens with zero attached hydrogens (tertiary/aromatic N) is 1. The van der Waals surface area contributed by atoms with Crippen molar-refractivity contribution in [3.63, 3.8) is 0 Å². The van der Waals surface area contributed by atoms with Crippen molar-refractivity contribution in [2.75, 3.05) is 13.1 Å². The van der Waals surface area contributed by atoms with Crippen molar-refractivity contribution in [3.05, 3.63) is 33.1 Å². The highest BCUT2D eigenvalue weighted by atomic mass is 127. The third-order valence-corrected chi connectivity index (χ3v) is 4.61. The smallest absolute Gasteiger partial charge is 0.255 e. The van der Waals surface area contributed by atoms with E-state index in [2.05, 4.69) is 29.5 Å². The molecule has 1 aliphatic rings. The van der Waals surface area contributed by atoms with Gasteiger partial charge in [-0.1, -0.05) is 6.92 Å². The lowest BCUT2D eigenvalue weighted by molar-refractivity contribution is 0.0572. The van der Waals surface area contributed by atoms with Gasteiger partial charge in [0.1, 0.15) is 5.82 Å². The molecule has 0 spiro atoms. The molecule has 3 nitrogen and oxygen atoms in total. The Balaban J connectivity index is 0.00000200. The van der Waals surface area contributed by atoms with Crippen molar-refractivity contribution in [1.29, 1.82) is 0 Å². The van der Waals surface area contributed by atoms with E-state index in [0.29, 0.717) is 24.6 Å². The van der Waals surface area contributed by atoms with Crippen LogP contribution in [0.2, 0.25) is 0 Å². The van der Waals surface area contributed by atoms with Gasteiger partial charge in [-0.15, -0.1) is 12.4 Å². The molecule has 20 heavy (non-hydrogen) atoms. The topological polar surface area (TPSA) is 46.3 Å². The van der Waals surface area contributed by atoms with Crippen LogP contribution < -0.4 is 5.73 Å². The molecule has 6 heteroatoms. The number of amides is 1. The molecule has 2 rings (SSSR count). The molecule has 1 amide bonds. The highest BCUT2D eigenvalue weighted by Gasteiger charge is 2.30. The highest BCUT2D eigenvalue weighted by Crippen LogP contribution is 2.25. The van der Waals surface area contributed by atoms with E-state index in [1.807, 2.05) is 0 Å². The number of piperidine rings is 1. The fraction of sp³-hybridized carbons (Fsp3) is 0.500. The standard InChI is InChI=1S/C14H18FIN2O.ClH/c1-9-4-5-18(11(6-9)8-17)14(19)12-7-10(15)2-3-13(12)16;/h2-3,7,9,11H,4-6,8,17H2,1H3;1H. The van der Waals surface area contributed by atoms with E-state index in [1.54, 1.807) is 11.0 Å². The van der Waals surface area contributed by atoms with Gasteiger partial charge < -0.3 is 10.6 Å². The molecule has 0 saturated carbocycles. The summed E-state index contributed by atoms with van der Waals surface area (Å²) in [6.45, 7) is 3.34. The molecule has 2 N–H and O–H groups in total. The molecule has 1 aliphatic heterocycles. The van der Waals surface area contributed by atoms with Gasteiger partial charge in [0.25, 0.3) is 5.91 Å². The van der Waals surface area contributed by atoms with Crippen LogP contribution in [0.15, 0.2) is 18.2 Å². The van der Waals surface area contributed by atoms with Crippen LogP contribution in [-0.2, 0) is 0 Å². The molecule has 0 aromatic heterocycles. The summed E-state index contributed by atoms with van der Waals surface area (Å²) >= 11 is 2.07. The number of hydrogen-bond donors (Lipinski definition) is 1. The number of benzene rings is 1. The zero-order valence-corrected chi connectivity index (χ0v) is 14.3. The molecule has 1 fully saturated rings. The van der Waals surface area contributed by atoms with E-state index < -0.39 is 0 Å². The van der Waals surface area contributed by atoms with Crippen LogP contribution in [0, 0.1) is 15.3 Å². The summed E-state index contributed by atoms with van der Waals surface area (Å²) in [6, 6.07) is 4.38. The Bertz CT molecular complexity index is 486. The molecule has 112 valence electrons. The van der Waals surface area contributed by atoms with Crippen molar-refractivity contribution in [1.82, 2.24) is 4.90 Å². The van der Waals surface area contributed by atoms with Crippen molar-refractivity contribution >= 4 is 40.9 Å². The summed E-state index contributed by atoms with van der Waals surface area (Å²) in [4.78, 5) is 14.4. The first-order valence-corrected chi connectivity index (χ1v) is 7.57. The van der Waals surface area contributed by atoms with Crippen molar-refractivity contribution in [2.45, 2.75) is 25.8 Å². The summed E-state index contributed by atoms with van der Waals surface area (Å²) < 4.78 is 14.1. The number of nitrogens with two attached hydrogens (primary N) is 1. The molecule has 1 saturated heterocycles. The predicted octanol–water partition coefficient (Wildman–Crippen LogP) is 3.05.